The number of benzene rings is 1. The molecule has 1 heterocycles. The summed E-state index contributed by atoms with van der Waals surface area (Å²) in [7, 11) is 0. The van der Waals surface area contributed by atoms with Crippen molar-refractivity contribution in [2.45, 2.75) is 103 Å². The van der Waals surface area contributed by atoms with Gasteiger partial charge in [-0.15, -0.1) is 0 Å². The fraction of sp³-hybridized carbons (Fsp3) is 0.778. The van der Waals surface area contributed by atoms with Crippen molar-refractivity contribution in [2.75, 3.05) is 33.0 Å². The van der Waals surface area contributed by atoms with Gasteiger partial charge in [0.05, 0.1) is 24.4 Å². The van der Waals surface area contributed by atoms with Crippen LogP contribution in [0.3, 0.4) is 0 Å². The van der Waals surface area contributed by atoms with Gasteiger partial charge in [-0.3, -0.25) is 0 Å². The first-order chi connectivity index (χ1) is 15.4. The summed E-state index contributed by atoms with van der Waals surface area (Å²) in [6, 6.07) is 10.3. The Bertz CT molecular complexity index is 581. The zero-order chi connectivity index (χ0) is 23.1. The molecule has 1 aliphatic rings. The van der Waals surface area contributed by atoms with Crippen LogP contribution < -0.4 is 0 Å². The minimum absolute atomic E-state index is 0.0265. The second-order valence-electron chi connectivity index (χ2n) is 9.98. The van der Waals surface area contributed by atoms with Crippen LogP contribution in [0.1, 0.15) is 84.6 Å². The van der Waals surface area contributed by atoms with Gasteiger partial charge in [0, 0.05) is 26.4 Å². The zero-order valence-corrected chi connectivity index (χ0v) is 20.9. The van der Waals surface area contributed by atoms with E-state index in [1.165, 1.54) is 18.4 Å². The van der Waals surface area contributed by atoms with E-state index in [0.29, 0.717) is 19.8 Å². The van der Waals surface area contributed by atoms with Gasteiger partial charge in [-0.2, -0.15) is 0 Å². The highest BCUT2D eigenvalue weighted by Gasteiger charge is 2.22. The SMILES string of the molecule is CC(C)(CCOCc1ccccc1)OCCC(C)(C)OCCCCCOC1CCCCO1. The van der Waals surface area contributed by atoms with Gasteiger partial charge in [-0.05, 0) is 84.6 Å². The summed E-state index contributed by atoms with van der Waals surface area (Å²) in [6.07, 6.45) is 8.44. The van der Waals surface area contributed by atoms with Gasteiger partial charge >= 0.3 is 0 Å². The minimum Gasteiger partial charge on any atom is -0.377 e. The molecule has 2 rings (SSSR count). The molecule has 1 atom stereocenters. The van der Waals surface area contributed by atoms with Crippen molar-refractivity contribution in [3.63, 3.8) is 0 Å². The quantitative estimate of drug-likeness (QED) is 0.261. The molecule has 5 heteroatoms. The Labute approximate surface area is 196 Å². The van der Waals surface area contributed by atoms with Crippen LogP contribution in [0, 0.1) is 0 Å². The molecule has 0 aromatic heterocycles. The average Bonchev–Trinajstić information content (AvgIpc) is 2.77. The fourth-order valence-corrected chi connectivity index (χ4v) is 3.59. The molecule has 0 N–H and O–H groups in total. The van der Waals surface area contributed by atoms with E-state index in [-0.39, 0.29) is 17.5 Å². The predicted molar refractivity (Wildman–Crippen MR) is 129 cm³/mol. The molecular formula is C27H46O5. The molecule has 32 heavy (non-hydrogen) atoms. The maximum atomic E-state index is 6.15. The standard InChI is InChI=1S/C27H46O5/c1-26(2,16-21-28-23-24-13-7-5-8-14-24)32-22-17-27(3,4)31-20-11-6-10-18-29-25-15-9-12-19-30-25/h5,7-8,13-14,25H,6,9-12,15-23H2,1-4H3. The van der Waals surface area contributed by atoms with Crippen LogP contribution in [0.25, 0.3) is 0 Å². The predicted octanol–water partition coefficient (Wildman–Crippen LogP) is 6.29. The number of hydrogen-bond acceptors (Lipinski definition) is 5. The van der Waals surface area contributed by atoms with Gasteiger partial charge in [0.15, 0.2) is 6.29 Å². The van der Waals surface area contributed by atoms with Crippen LogP contribution in [0.15, 0.2) is 30.3 Å². The fourth-order valence-electron chi connectivity index (χ4n) is 3.59. The molecule has 5 nitrogen and oxygen atoms in total. The molecule has 0 amide bonds. The molecule has 184 valence electrons. The van der Waals surface area contributed by atoms with Gasteiger partial charge < -0.3 is 23.7 Å². The monoisotopic (exact) mass is 450 g/mol. The molecule has 1 aromatic carbocycles. The summed E-state index contributed by atoms with van der Waals surface area (Å²) < 4.78 is 29.5. The van der Waals surface area contributed by atoms with E-state index < -0.39 is 0 Å². The number of hydrogen-bond donors (Lipinski definition) is 0. The number of rotatable bonds is 17. The first-order valence-electron chi connectivity index (χ1n) is 12.5. The van der Waals surface area contributed by atoms with Crippen molar-refractivity contribution in [1.29, 1.82) is 0 Å². The van der Waals surface area contributed by atoms with Crippen molar-refractivity contribution < 1.29 is 23.7 Å². The third kappa shape index (κ3) is 12.9. The summed E-state index contributed by atoms with van der Waals surface area (Å²) in [5.41, 5.74) is 0.831. The van der Waals surface area contributed by atoms with Gasteiger partial charge in [-0.25, -0.2) is 0 Å². The molecule has 1 saturated heterocycles. The van der Waals surface area contributed by atoms with E-state index in [1.807, 2.05) is 18.2 Å². The minimum atomic E-state index is -0.200. The molecule has 0 radical (unpaired) electrons. The Balaban J connectivity index is 1.45. The van der Waals surface area contributed by atoms with Gasteiger partial charge in [0.25, 0.3) is 0 Å². The summed E-state index contributed by atoms with van der Waals surface area (Å²) in [5.74, 6) is 0. The molecule has 1 unspecified atom stereocenters. The van der Waals surface area contributed by atoms with E-state index in [9.17, 15) is 0 Å². The van der Waals surface area contributed by atoms with Crippen molar-refractivity contribution in [3.05, 3.63) is 35.9 Å². The maximum absolute atomic E-state index is 6.15. The van der Waals surface area contributed by atoms with E-state index in [2.05, 4.69) is 39.8 Å². The Morgan fingerprint density at radius 2 is 1.50 bits per heavy atom. The normalized spacial score (nSPS) is 17.6. The molecule has 0 spiro atoms. The Morgan fingerprint density at radius 1 is 0.812 bits per heavy atom. The van der Waals surface area contributed by atoms with Crippen LogP contribution in [-0.2, 0) is 30.3 Å². The van der Waals surface area contributed by atoms with Crippen LogP contribution in [0.5, 0.6) is 0 Å². The Hall–Kier alpha value is -0.980. The molecule has 0 bridgehead atoms. The largest absolute Gasteiger partial charge is 0.377 e. The van der Waals surface area contributed by atoms with Gasteiger partial charge in [-0.1, -0.05) is 30.3 Å². The molecule has 1 aromatic rings. The molecular weight excluding hydrogens is 404 g/mol. The highest BCUT2D eigenvalue weighted by molar-refractivity contribution is 5.13. The van der Waals surface area contributed by atoms with Crippen molar-refractivity contribution in [2.24, 2.45) is 0 Å². The summed E-state index contributed by atoms with van der Waals surface area (Å²) in [4.78, 5) is 0. The number of ether oxygens (including phenoxy) is 5. The number of unbranched alkanes of at least 4 members (excludes halogenated alkanes) is 2. The highest BCUT2D eigenvalue weighted by Crippen LogP contribution is 2.20. The molecule has 0 saturated carbocycles. The third-order valence-corrected chi connectivity index (χ3v) is 5.88. The first kappa shape index (κ1) is 27.3. The van der Waals surface area contributed by atoms with E-state index in [0.717, 1.165) is 58.3 Å². The smallest absolute Gasteiger partial charge is 0.157 e. The average molecular weight is 451 g/mol. The molecule has 0 aliphatic carbocycles. The van der Waals surface area contributed by atoms with Crippen molar-refractivity contribution in [1.82, 2.24) is 0 Å². The van der Waals surface area contributed by atoms with Crippen LogP contribution >= 0.6 is 0 Å². The van der Waals surface area contributed by atoms with E-state index in [4.69, 9.17) is 23.7 Å². The Kier molecular flexibility index (Phi) is 12.8. The summed E-state index contributed by atoms with van der Waals surface area (Å²) in [5, 5.41) is 0. The lowest BCUT2D eigenvalue weighted by molar-refractivity contribution is -0.162. The first-order valence-corrected chi connectivity index (χ1v) is 12.5. The van der Waals surface area contributed by atoms with Gasteiger partial charge in [0.2, 0.25) is 0 Å². The van der Waals surface area contributed by atoms with E-state index in [1.54, 1.807) is 0 Å². The lowest BCUT2D eigenvalue weighted by Gasteiger charge is -2.30. The van der Waals surface area contributed by atoms with Crippen molar-refractivity contribution in [3.8, 4) is 0 Å². The lowest BCUT2D eigenvalue weighted by Crippen LogP contribution is -2.32. The maximum Gasteiger partial charge on any atom is 0.157 e. The zero-order valence-electron chi connectivity index (χ0n) is 20.9. The van der Waals surface area contributed by atoms with E-state index >= 15 is 0 Å². The highest BCUT2D eigenvalue weighted by atomic mass is 16.7. The van der Waals surface area contributed by atoms with Crippen LogP contribution in [0.4, 0.5) is 0 Å². The third-order valence-electron chi connectivity index (χ3n) is 5.88. The second kappa shape index (κ2) is 15.0. The van der Waals surface area contributed by atoms with Crippen LogP contribution in [-0.4, -0.2) is 50.5 Å². The molecule has 1 aliphatic heterocycles. The molecule has 1 fully saturated rings. The second-order valence-corrected chi connectivity index (χ2v) is 9.98. The van der Waals surface area contributed by atoms with Crippen LogP contribution in [0.2, 0.25) is 0 Å². The Morgan fingerprint density at radius 3 is 2.22 bits per heavy atom. The van der Waals surface area contributed by atoms with Gasteiger partial charge in [0.1, 0.15) is 0 Å². The topological polar surface area (TPSA) is 46.2 Å². The summed E-state index contributed by atoms with van der Waals surface area (Å²) in [6.45, 7) is 13.0. The lowest BCUT2D eigenvalue weighted by atomic mass is 10.0. The van der Waals surface area contributed by atoms with Crippen molar-refractivity contribution >= 4 is 0 Å². The summed E-state index contributed by atoms with van der Waals surface area (Å²) >= 11 is 0.